The molecule has 1 heterocycles. The standard InChI is InChI=1S/C30H36F6O6/c1-2-28(20-39-21-28)19-38-17-7-5-3-4-6-8-18-40-23-11-9-22(10-12-23)26(37)41-24-13-15-25(16-14-24)42-30(35,36)27(31)29(32,33)34/h9-16,27H,2-8,17-21H2,1H3. The largest absolute Gasteiger partial charge is 0.494 e. The Balaban J connectivity index is 1.28. The Bertz CT molecular complexity index is 1080. The molecule has 0 bridgehead atoms. The average Bonchev–Trinajstić information content (AvgIpc) is 2.93. The van der Waals surface area contributed by atoms with Crippen LogP contribution in [0.3, 0.4) is 0 Å². The highest BCUT2D eigenvalue weighted by Gasteiger charge is 2.59. The van der Waals surface area contributed by atoms with Crippen molar-refractivity contribution in [1.82, 2.24) is 0 Å². The Morgan fingerprint density at radius 3 is 1.93 bits per heavy atom. The van der Waals surface area contributed by atoms with Crippen molar-refractivity contribution in [1.29, 1.82) is 0 Å². The highest BCUT2D eigenvalue weighted by atomic mass is 19.4. The molecule has 0 spiro atoms. The van der Waals surface area contributed by atoms with E-state index in [1.807, 2.05) is 0 Å². The summed E-state index contributed by atoms with van der Waals surface area (Å²) >= 11 is 0. The smallest absolute Gasteiger partial charge is 0.439 e. The lowest BCUT2D eigenvalue weighted by Crippen LogP contribution is -2.45. The van der Waals surface area contributed by atoms with Gasteiger partial charge in [0.1, 0.15) is 17.2 Å². The predicted molar refractivity (Wildman–Crippen MR) is 142 cm³/mol. The Labute approximate surface area is 241 Å². The lowest BCUT2D eigenvalue weighted by atomic mass is 9.84. The maximum atomic E-state index is 13.4. The Morgan fingerprint density at radius 2 is 1.38 bits per heavy atom. The van der Waals surface area contributed by atoms with E-state index < -0.39 is 30.2 Å². The monoisotopic (exact) mass is 606 g/mol. The summed E-state index contributed by atoms with van der Waals surface area (Å²) in [5, 5.41) is 0. The summed E-state index contributed by atoms with van der Waals surface area (Å²) in [6, 6.07) is 9.95. The van der Waals surface area contributed by atoms with E-state index in [2.05, 4.69) is 11.7 Å². The number of halogens is 6. The fourth-order valence-corrected chi connectivity index (χ4v) is 4.10. The minimum Gasteiger partial charge on any atom is -0.494 e. The van der Waals surface area contributed by atoms with E-state index >= 15 is 0 Å². The Morgan fingerprint density at radius 1 is 0.833 bits per heavy atom. The third kappa shape index (κ3) is 10.4. The molecule has 0 amide bonds. The van der Waals surface area contributed by atoms with Gasteiger partial charge in [0, 0.05) is 12.0 Å². The molecule has 0 aliphatic carbocycles. The molecule has 1 fully saturated rings. The molecule has 6 nitrogen and oxygen atoms in total. The van der Waals surface area contributed by atoms with Gasteiger partial charge in [0.15, 0.2) is 0 Å². The van der Waals surface area contributed by atoms with Crippen molar-refractivity contribution in [2.24, 2.45) is 5.41 Å². The first kappa shape index (κ1) is 33.5. The lowest BCUT2D eigenvalue weighted by molar-refractivity contribution is -0.305. The van der Waals surface area contributed by atoms with E-state index in [1.54, 1.807) is 12.1 Å². The summed E-state index contributed by atoms with van der Waals surface area (Å²) in [7, 11) is 0. The first-order chi connectivity index (χ1) is 19.9. The molecule has 1 atom stereocenters. The second-order valence-electron chi connectivity index (χ2n) is 10.3. The van der Waals surface area contributed by atoms with E-state index in [1.165, 1.54) is 12.1 Å². The molecule has 1 unspecified atom stereocenters. The molecule has 234 valence electrons. The minimum absolute atomic E-state index is 0.0789. The van der Waals surface area contributed by atoms with E-state index in [0.717, 1.165) is 95.6 Å². The number of benzene rings is 2. The molecule has 0 N–H and O–H groups in total. The van der Waals surface area contributed by atoms with E-state index in [9.17, 15) is 31.1 Å². The van der Waals surface area contributed by atoms with E-state index in [0.29, 0.717) is 12.4 Å². The van der Waals surface area contributed by atoms with E-state index in [-0.39, 0.29) is 16.7 Å². The van der Waals surface area contributed by atoms with Gasteiger partial charge < -0.3 is 23.7 Å². The van der Waals surface area contributed by atoms with Crippen molar-refractivity contribution in [3.8, 4) is 17.2 Å². The quantitative estimate of drug-likeness (QED) is 0.0743. The SMILES string of the molecule is CCC1(COCCCCCCCCOc2ccc(C(=O)Oc3ccc(OC(F)(F)C(F)C(F)(F)F)cc3)cc2)COC1. The van der Waals surface area contributed by atoms with Gasteiger partial charge in [0.25, 0.3) is 6.17 Å². The average molecular weight is 607 g/mol. The molecule has 0 saturated carbocycles. The minimum atomic E-state index is -5.79. The highest BCUT2D eigenvalue weighted by molar-refractivity contribution is 5.91. The van der Waals surface area contributed by atoms with Crippen LogP contribution < -0.4 is 14.2 Å². The number of hydrogen-bond acceptors (Lipinski definition) is 6. The third-order valence-electron chi connectivity index (χ3n) is 6.89. The zero-order valence-corrected chi connectivity index (χ0v) is 23.4. The van der Waals surface area contributed by atoms with Crippen LogP contribution in [0.25, 0.3) is 0 Å². The van der Waals surface area contributed by atoms with Crippen molar-refractivity contribution < 1.29 is 54.8 Å². The van der Waals surface area contributed by atoms with Crippen LogP contribution in [0.4, 0.5) is 26.3 Å². The first-order valence-corrected chi connectivity index (χ1v) is 13.9. The van der Waals surface area contributed by atoms with Gasteiger partial charge in [-0.15, -0.1) is 0 Å². The van der Waals surface area contributed by atoms with Crippen LogP contribution >= 0.6 is 0 Å². The second-order valence-corrected chi connectivity index (χ2v) is 10.3. The third-order valence-corrected chi connectivity index (χ3v) is 6.89. The Hall–Kier alpha value is -2.99. The summed E-state index contributed by atoms with van der Waals surface area (Å²) in [4.78, 5) is 12.4. The van der Waals surface area contributed by atoms with Crippen molar-refractivity contribution in [2.75, 3.05) is 33.0 Å². The molecule has 1 saturated heterocycles. The van der Waals surface area contributed by atoms with Crippen molar-refractivity contribution in [3.05, 3.63) is 54.1 Å². The Kier molecular flexibility index (Phi) is 12.3. The number of rotatable bonds is 18. The van der Waals surface area contributed by atoms with Gasteiger partial charge in [-0.25, -0.2) is 9.18 Å². The van der Waals surface area contributed by atoms with Gasteiger partial charge in [0.2, 0.25) is 0 Å². The fourth-order valence-electron chi connectivity index (χ4n) is 4.10. The van der Waals surface area contributed by atoms with Gasteiger partial charge in [-0.3, -0.25) is 0 Å². The van der Waals surface area contributed by atoms with Crippen LogP contribution in [0.2, 0.25) is 0 Å². The van der Waals surface area contributed by atoms with Crippen LogP contribution in [-0.4, -0.2) is 57.5 Å². The van der Waals surface area contributed by atoms with Gasteiger partial charge in [-0.05, 0) is 67.8 Å². The molecule has 42 heavy (non-hydrogen) atoms. The molecule has 2 aromatic rings. The molecule has 3 rings (SSSR count). The first-order valence-electron chi connectivity index (χ1n) is 13.9. The van der Waals surface area contributed by atoms with Crippen LogP contribution in [0.15, 0.2) is 48.5 Å². The van der Waals surface area contributed by atoms with Crippen LogP contribution in [0.5, 0.6) is 17.2 Å². The van der Waals surface area contributed by atoms with Gasteiger partial charge in [-0.1, -0.05) is 32.6 Å². The summed E-state index contributed by atoms with van der Waals surface area (Å²) in [6.07, 6.45) is -7.96. The summed E-state index contributed by atoms with van der Waals surface area (Å²) < 4.78 is 102. The molecule has 0 aromatic heterocycles. The lowest BCUT2D eigenvalue weighted by Gasteiger charge is -2.40. The van der Waals surface area contributed by atoms with Gasteiger partial charge in [-0.2, -0.15) is 22.0 Å². The van der Waals surface area contributed by atoms with Gasteiger partial charge >= 0.3 is 18.3 Å². The normalized spacial score (nSPS) is 15.5. The topological polar surface area (TPSA) is 63.2 Å². The molecule has 1 aliphatic rings. The summed E-state index contributed by atoms with van der Waals surface area (Å²) in [5.74, 6) is -0.991. The molecule has 1 aliphatic heterocycles. The number of hydrogen-bond donors (Lipinski definition) is 0. The van der Waals surface area contributed by atoms with Crippen LogP contribution in [0.1, 0.15) is 62.2 Å². The fraction of sp³-hybridized carbons (Fsp3) is 0.567. The zero-order valence-electron chi connectivity index (χ0n) is 23.4. The number of carbonyl (C=O) groups excluding carboxylic acids is 1. The van der Waals surface area contributed by atoms with E-state index in [4.69, 9.17) is 18.9 Å². The maximum absolute atomic E-state index is 13.4. The van der Waals surface area contributed by atoms with Gasteiger partial charge in [0.05, 0.1) is 32.0 Å². The highest BCUT2D eigenvalue weighted by Crippen LogP contribution is 2.37. The molecule has 0 radical (unpaired) electrons. The number of ether oxygens (including phenoxy) is 5. The molecule has 2 aromatic carbocycles. The number of esters is 1. The predicted octanol–water partition coefficient (Wildman–Crippen LogP) is 7.94. The number of unbranched alkanes of at least 4 members (excludes halogenated alkanes) is 5. The number of carbonyl (C=O) groups is 1. The molecular weight excluding hydrogens is 570 g/mol. The van der Waals surface area contributed by atoms with Crippen molar-refractivity contribution in [2.45, 2.75) is 70.3 Å². The number of alkyl halides is 6. The van der Waals surface area contributed by atoms with Crippen molar-refractivity contribution >= 4 is 5.97 Å². The zero-order chi connectivity index (χ0) is 30.6. The second kappa shape index (κ2) is 15.5. The van der Waals surface area contributed by atoms with Crippen molar-refractivity contribution in [3.63, 3.8) is 0 Å². The van der Waals surface area contributed by atoms with Crippen LogP contribution in [0, 0.1) is 5.41 Å². The van der Waals surface area contributed by atoms with Crippen LogP contribution in [-0.2, 0) is 9.47 Å². The summed E-state index contributed by atoms with van der Waals surface area (Å²) in [6.45, 7) is 5.88. The maximum Gasteiger partial charge on any atom is 0.439 e. The molecular formula is C30H36F6O6. The molecule has 12 heteroatoms. The summed E-state index contributed by atoms with van der Waals surface area (Å²) in [5.41, 5.74) is 0.424.